The van der Waals surface area contributed by atoms with Gasteiger partial charge in [0.2, 0.25) is 0 Å². The number of carboxylic acid groups (broad SMARTS) is 1. The average Bonchev–Trinajstić information content (AvgIpc) is 2.95. The van der Waals surface area contributed by atoms with Crippen LogP contribution in [0.5, 0.6) is 0 Å². The maximum atomic E-state index is 13.6. The van der Waals surface area contributed by atoms with Crippen molar-refractivity contribution < 1.29 is 14.3 Å². The van der Waals surface area contributed by atoms with Crippen molar-refractivity contribution in [2.45, 2.75) is 44.2 Å². The highest BCUT2D eigenvalue weighted by Gasteiger charge is 2.48. The molecular formula is C14H22FNO2. The summed E-state index contributed by atoms with van der Waals surface area (Å²) in [5.74, 6) is 0.680. The number of carboxylic acids is 1. The Morgan fingerprint density at radius 2 is 2.22 bits per heavy atom. The minimum absolute atomic E-state index is 0.283. The second-order valence-electron chi connectivity index (χ2n) is 5.79. The van der Waals surface area contributed by atoms with E-state index < -0.39 is 11.6 Å². The van der Waals surface area contributed by atoms with Crippen molar-refractivity contribution in [1.29, 1.82) is 0 Å². The number of allylic oxidation sites excluding steroid dienone is 2. The first-order chi connectivity index (χ1) is 8.56. The van der Waals surface area contributed by atoms with Gasteiger partial charge in [-0.1, -0.05) is 11.6 Å². The summed E-state index contributed by atoms with van der Waals surface area (Å²) in [5, 5.41) is 8.75. The van der Waals surface area contributed by atoms with Gasteiger partial charge in [0.05, 0.1) is 0 Å². The number of carbonyl (C=O) groups is 1. The standard InChI is InChI=1S/C13H17FO2.CH5N/c14-13(1-2-13)7-8-3-9-5-10(6-12(15)16)11(9)4-8;1-2/h4,9-11H,1-3,5-7H2,(H,15,16);2H2,1H3/t9-,10?,11-;/m1./s1. The van der Waals surface area contributed by atoms with Crippen LogP contribution in [0.2, 0.25) is 0 Å². The van der Waals surface area contributed by atoms with E-state index in [4.69, 9.17) is 5.11 Å². The van der Waals surface area contributed by atoms with E-state index in [1.54, 1.807) is 0 Å². The largest absolute Gasteiger partial charge is 0.481 e. The minimum Gasteiger partial charge on any atom is -0.481 e. The van der Waals surface area contributed by atoms with Gasteiger partial charge in [-0.2, -0.15) is 0 Å². The Kier molecular flexibility index (Phi) is 3.76. The number of rotatable bonds is 4. The molecule has 3 aliphatic carbocycles. The molecule has 2 saturated carbocycles. The Labute approximate surface area is 107 Å². The van der Waals surface area contributed by atoms with E-state index in [9.17, 15) is 9.18 Å². The molecule has 3 atom stereocenters. The molecule has 0 radical (unpaired) electrons. The fourth-order valence-corrected chi connectivity index (χ4v) is 3.35. The summed E-state index contributed by atoms with van der Waals surface area (Å²) in [4.78, 5) is 10.6. The third-order valence-electron chi connectivity index (χ3n) is 4.42. The van der Waals surface area contributed by atoms with Gasteiger partial charge in [-0.3, -0.25) is 4.79 Å². The van der Waals surface area contributed by atoms with Crippen LogP contribution < -0.4 is 5.73 Å². The lowest BCUT2D eigenvalue weighted by atomic mass is 9.65. The van der Waals surface area contributed by atoms with Gasteiger partial charge in [0.15, 0.2) is 0 Å². The summed E-state index contributed by atoms with van der Waals surface area (Å²) >= 11 is 0. The van der Waals surface area contributed by atoms with Crippen molar-refractivity contribution >= 4 is 5.97 Å². The zero-order chi connectivity index (χ0) is 13.3. The molecule has 3 aliphatic rings. The molecule has 0 heterocycles. The predicted octanol–water partition coefficient (Wildman–Crippen LogP) is 2.51. The number of alkyl halides is 1. The third-order valence-corrected chi connectivity index (χ3v) is 4.42. The first kappa shape index (κ1) is 13.5. The number of aliphatic carboxylic acids is 1. The van der Waals surface area contributed by atoms with Gasteiger partial charge in [0.25, 0.3) is 0 Å². The van der Waals surface area contributed by atoms with E-state index in [0.717, 1.165) is 25.7 Å². The molecule has 102 valence electrons. The third kappa shape index (κ3) is 2.74. The van der Waals surface area contributed by atoms with Crippen LogP contribution in [-0.4, -0.2) is 23.8 Å². The normalized spacial score (nSPS) is 34.6. The summed E-state index contributed by atoms with van der Waals surface area (Å²) in [6.45, 7) is 0. The monoisotopic (exact) mass is 255 g/mol. The molecular weight excluding hydrogens is 233 g/mol. The topological polar surface area (TPSA) is 63.3 Å². The lowest BCUT2D eigenvalue weighted by molar-refractivity contribution is -0.139. The van der Waals surface area contributed by atoms with Crippen molar-refractivity contribution in [3.63, 3.8) is 0 Å². The second kappa shape index (κ2) is 5.00. The molecule has 0 aromatic heterocycles. The summed E-state index contributed by atoms with van der Waals surface area (Å²) in [7, 11) is 1.50. The molecule has 3 nitrogen and oxygen atoms in total. The van der Waals surface area contributed by atoms with E-state index in [-0.39, 0.29) is 6.42 Å². The number of hydrogen-bond donors (Lipinski definition) is 2. The lowest BCUT2D eigenvalue weighted by Crippen LogP contribution is -2.34. The molecule has 18 heavy (non-hydrogen) atoms. The zero-order valence-corrected chi connectivity index (χ0v) is 10.9. The van der Waals surface area contributed by atoms with Crippen molar-refractivity contribution in [2.75, 3.05) is 7.05 Å². The number of hydrogen-bond acceptors (Lipinski definition) is 2. The molecule has 0 spiro atoms. The fourth-order valence-electron chi connectivity index (χ4n) is 3.35. The molecule has 3 N–H and O–H groups in total. The van der Waals surface area contributed by atoms with Gasteiger partial charge in [-0.15, -0.1) is 0 Å². The van der Waals surface area contributed by atoms with Gasteiger partial charge >= 0.3 is 5.97 Å². The maximum Gasteiger partial charge on any atom is 0.303 e. The van der Waals surface area contributed by atoms with E-state index in [2.05, 4.69) is 11.8 Å². The Morgan fingerprint density at radius 3 is 2.78 bits per heavy atom. The van der Waals surface area contributed by atoms with Gasteiger partial charge in [-0.05, 0) is 50.5 Å². The van der Waals surface area contributed by atoms with Crippen LogP contribution in [0, 0.1) is 17.8 Å². The van der Waals surface area contributed by atoms with Crippen LogP contribution in [0.1, 0.15) is 38.5 Å². The highest BCUT2D eigenvalue weighted by atomic mass is 19.1. The van der Waals surface area contributed by atoms with Crippen molar-refractivity contribution in [3.8, 4) is 0 Å². The van der Waals surface area contributed by atoms with Gasteiger partial charge in [0.1, 0.15) is 5.67 Å². The number of nitrogens with two attached hydrogens (primary N) is 1. The molecule has 0 bridgehead atoms. The first-order valence-electron chi connectivity index (χ1n) is 6.74. The fraction of sp³-hybridized carbons (Fsp3) is 0.786. The molecule has 4 heteroatoms. The van der Waals surface area contributed by atoms with E-state index in [1.807, 2.05) is 0 Å². The molecule has 0 aromatic carbocycles. The number of fused-ring (bicyclic) bond motifs is 1. The van der Waals surface area contributed by atoms with Crippen LogP contribution in [0.15, 0.2) is 11.6 Å². The maximum absolute atomic E-state index is 13.6. The van der Waals surface area contributed by atoms with Crippen LogP contribution >= 0.6 is 0 Å². The van der Waals surface area contributed by atoms with E-state index >= 15 is 0 Å². The molecule has 3 rings (SSSR count). The van der Waals surface area contributed by atoms with E-state index in [0.29, 0.717) is 24.2 Å². The smallest absolute Gasteiger partial charge is 0.303 e. The van der Waals surface area contributed by atoms with Crippen LogP contribution in [-0.2, 0) is 4.79 Å². The SMILES string of the molecule is CN.O=C(O)CC1C[C@H]2CC(CC3(F)CC3)=C[C@@H]12. The van der Waals surface area contributed by atoms with Crippen LogP contribution in [0.4, 0.5) is 4.39 Å². The first-order valence-corrected chi connectivity index (χ1v) is 6.74. The second-order valence-corrected chi connectivity index (χ2v) is 5.79. The summed E-state index contributed by atoms with van der Waals surface area (Å²) in [5.41, 5.74) is 4.86. The van der Waals surface area contributed by atoms with Crippen LogP contribution in [0.3, 0.4) is 0 Å². The predicted molar refractivity (Wildman–Crippen MR) is 67.8 cm³/mol. The summed E-state index contributed by atoms with van der Waals surface area (Å²) in [6, 6.07) is 0. The lowest BCUT2D eigenvalue weighted by Gasteiger charge is -2.39. The highest BCUT2D eigenvalue weighted by Crippen LogP contribution is 2.55. The highest BCUT2D eigenvalue weighted by molar-refractivity contribution is 5.67. The Balaban J connectivity index is 0.000000574. The molecule has 0 aliphatic heterocycles. The van der Waals surface area contributed by atoms with Gasteiger partial charge in [0, 0.05) is 12.8 Å². The van der Waals surface area contributed by atoms with Crippen molar-refractivity contribution in [3.05, 3.63) is 11.6 Å². The Bertz CT molecular complexity index is 363. The number of halogens is 1. The molecule has 1 unspecified atom stereocenters. The zero-order valence-electron chi connectivity index (χ0n) is 10.9. The Hall–Kier alpha value is -0.900. The molecule has 2 fully saturated rings. The summed E-state index contributed by atoms with van der Waals surface area (Å²) in [6.07, 6.45) is 6.56. The molecule has 0 aromatic rings. The molecule has 0 amide bonds. The van der Waals surface area contributed by atoms with Crippen molar-refractivity contribution in [2.24, 2.45) is 23.5 Å². The van der Waals surface area contributed by atoms with Gasteiger partial charge < -0.3 is 10.8 Å². The van der Waals surface area contributed by atoms with Crippen LogP contribution in [0.25, 0.3) is 0 Å². The summed E-state index contributed by atoms with van der Waals surface area (Å²) < 4.78 is 13.6. The van der Waals surface area contributed by atoms with Gasteiger partial charge in [-0.25, -0.2) is 4.39 Å². The quantitative estimate of drug-likeness (QED) is 0.759. The Morgan fingerprint density at radius 1 is 1.56 bits per heavy atom. The minimum atomic E-state index is -0.891. The van der Waals surface area contributed by atoms with Crippen molar-refractivity contribution in [1.82, 2.24) is 0 Å². The molecule has 0 saturated heterocycles. The van der Waals surface area contributed by atoms with E-state index in [1.165, 1.54) is 12.6 Å². The average molecular weight is 255 g/mol.